The van der Waals surface area contributed by atoms with Crippen molar-refractivity contribution in [1.29, 1.82) is 0 Å². The Labute approximate surface area is 135 Å². The maximum Gasteiger partial charge on any atom is 0.226 e. The third-order valence-electron chi connectivity index (χ3n) is 3.96. The lowest BCUT2D eigenvalue weighted by molar-refractivity contribution is -0.116. The fourth-order valence-electron chi connectivity index (χ4n) is 3.01. The molecule has 2 aromatic heterocycles. The van der Waals surface area contributed by atoms with E-state index in [-0.39, 0.29) is 11.8 Å². The maximum absolute atomic E-state index is 12.1. The second-order valence-corrected chi connectivity index (χ2v) is 6.03. The molecular weight excluding hydrogens is 342 g/mol. The molecule has 1 aliphatic rings. The molecule has 1 unspecified atom stereocenters. The van der Waals surface area contributed by atoms with Crippen LogP contribution in [0.2, 0.25) is 0 Å². The number of carbonyl (C=O) groups is 1. The molecule has 4 rings (SSSR count). The Kier molecular flexibility index (Phi) is 3.15. The van der Waals surface area contributed by atoms with Crippen LogP contribution in [0.1, 0.15) is 23.5 Å². The van der Waals surface area contributed by atoms with Crippen LogP contribution < -0.4 is 5.32 Å². The van der Waals surface area contributed by atoms with Crippen molar-refractivity contribution in [3.8, 4) is 0 Å². The van der Waals surface area contributed by atoms with Crippen molar-refractivity contribution in [1.82, 2.24) is 9.97 Å². The lowest BCUT2D eigenvalue weighted by atomic mass is 9.84. The van der Waals surface area contributed by atoms with Gasteiger partial charge in [-0.3, -0.25) is 9.78 Å². The average molecular weight is 354 g/mol. The van der Waals surface area contributed by atoms with Gasteiger partial charge in [0.1, 0.15) is 15.9 Å². The smallest absolute Gasteiger partial charge is 0.226 e. The maximum atomic E-state index is 12.1. The first-order valence-corrected chi connectivity index (χ1v) is 7.82. The molecule has 4 nitrogen and oxygen atoms in total. The Hall–Kier alpha value is -2.27. The lowest BCUT2D eigenvalue weighted by Crippen LogP contribution is -2.25. The van der Waals surface area contributed by atoms with Crippen molar-refractivity contribution < 1.29 is 4.79 Å². The molecule has 1 amide bonds. The fraction of sp³-hybridized carbons (Fsp3) is 0.118. The Balaban J connectivity index is 2.03. The minimum absolute atomic E-state index is 0.00255. The molecule has 0 bridgehead atoms. The highest BCUT2D eigenvalue weighted by Gasteiger charge is 2.30. The van der Waals surface area contributed by atoms with Gasteiger partial charge in [0.25, 0.3) is 0 Å². The third kappa shape index (κ3) is 2.09. The number of carbonyl (C=O) groups excluding carboxylic acids is 1. The monoisotopic (exact) mass is 353 g/mol. The molecule has 0 aliphatic carbocycles. The van der Waals surface area contributed by atoms with Crippen LogP contribution in [-0.4, -0.2) is 15.9 Å². The Morgan fingerprint density at radius 3 is 2.77 bits per heavy atom. The highest BCUT2D eigenvalue weighted by molar-refractivity contribution is 9.10. The molecule has 0 spiro atoms. The SMILES string of the molecule is O=C1CC(c2ccccc2)c2c(nc(Br)c3ncccc23)N1. The van der Waals surface area contributed by atoms with Crippen LogP contribution in [0.25, 0.3) is 10.9 Å². The van der Waals surface area contributed by atoms with Crippen molar-refractivity contribution in [3.63, 3.8) is 0 Å². The summed E-state index contributed by atoms with van der Waals surface area (Å²) < 4.78 is 0.649. The molecule has 1 aliphatic heterocycles. The molecule has 1 aromatic carbocycles. The van der Waals surface area contributed by atoms with E-state index in [4.69, 9.17) is 0 Å². The number of nitrogens with one attached hydrogen (secondary N) is 1. The van der Waals surface area contributed by atoms with E-state index < -0.39 is 0 Å². The van der Waals surface area contributed by atoms with Crippen molar-refractivity contribution >= 4 is 38.6 Å². The van der Waals surface area contributed by atoms with E-state index in [1.165, 1.54) is 0 Å². The number of nitrogens with zero attached hydrogens (tertiary/aromatic N) is 2. The second kappa shape index (κ2) is 5.18. The molecule has 3 aromatic rings. The van der Waals surface area contributed by atoms with Gasteiger partial charge < -0.3 is 5.32 Å². The first-order chi connectivity index (χ1) is 10.7. The number of rotatable bonds is 1. The number of aromatic nitrogens is 2. The minimum Gasteiger partial charge on any atom is -0.310 e. The molecule has 1 atom stereocenters. The fourth-order valence-corrected chi connectivity index (χ4v) is 3.51. The van der Waals surface area contributed by atoms with Gasteiger partial charge in [0.15, 0.2) is 0 Å². The number of benzene rings is 1. The number of pyridine rings is 2. The van der Waals surface area contributed by atoms with Gasteiger partial charge in [-0.25, -0.2) is 4.98 Å². The number of anilines is 1. The summed E-state index contributed by atoms with van der Waals surface area (Å²) in [6, 6.07) is 14.0. The quantitative estimate of drug-likeness (QED) is 0.675. The average Bonchev–Trinajstić information content (AvgIpc) is 2.55. The summed E-state index contributed by atoms with van der Waals surface area (Å²) in [4.78, 5) is 21.0. The van der Waals surface area contributed by atoms with Gasteiger partial charge in [-0.15, -0.1) is 0 Å². The molecule has 0 radical (unpaired) electrons. The van der Waals surface area contributed by atoms with E-state index in [0.717, 1.165) is 22.0 Å². The molecule has 5 heteroatoms. The summed E-state index contributed by atoms with van der Waals surface area (Å²) in [6.45, 7) is 0. The summed E-state index contributed by atoms with van der Waals surface area (Å²) in [5, 5.41) is 3.91. The largest absolute Gasteiger partial charge is 0.310 e. The summed E-state index contributed by atoms with van der Waals surface area (Å²) in [5.74, 6) is 0.610. The van der Waals surface area contributed by atoms with Gasteiger partial charge in [-0.05, 0) is 27.6 Å². The van der Waals surface area contributed by atoms with Crippen LogP contribution in [0.5, 0.6) is 0 Å². The summed E-state index contributed by atoms with van der Waals surface area (Å²) >= 11 is 3.45. The molecular formula is C17H12BrN3O. The predicted molar refractivity (Wildman–Crippen MR) is 88.8 cm³/mol. The van der Waals surface area contributed by atoms with Crippen LogP contribution in [0, 0.1) is 0 Å². The van der Waals surface area contributed by atoms with E-state index in [2.05, 4.69) is 43.3 Å². The Bertz CT molecular complexity index is 880. The molecule has 22 heavy (non-hydrogen) atoms. The van der Waals surface area contributed by atoms with Gasteiger partial charge in [-0.1, -0.05) is 36.4 Å². The Morgan fingerprint density at radius 2 is 1.95 bits per heavy atom. The van der Waals surface area contributed by atoms with E-state index >= 15 is 0 Å². The number of fused-ring (bicyclic) bond motifs is 3. The summed E-state index contributed by atoms with van der Waals surface area (Å²) in [6.07, 6.45) is 2.17. The van der Waals surface area contributed by atoms with Gasteiger partial charge in [0, 0.05) is 29.5 Å². The van der Waals surface area contributed by atoms with Crippen molar-refractivity contribution in [2.24, 2.45) is 0 Å². The highest BCUT2D eigenvalue weighted by atomic mass is 79.9. The molecule has 0 fully saturated rings. The zero-order valence-electron chi connectivity index (χ0n) is 11.6. The topological polar surface area (TPSA) is 54.9 Å². The number of amides is 1. The molecule has 108 valence electrons. The second-order valence-electron chi connectivity index (χ2n) is 5.28. The van der Waals surface area contributed by atoms with Gasteiger partial charge >= 0.3 is 0 Å². The van der Waals surface area contributed by atoms with Crippen LogP contribution in [-0.2, 0) is 4.79 Å². The van der Waals surface area contributed by atoms with Gasteiger partial charge in [0.2, 0.25) is 5.91 Å². The minimum atomic E-state index is -0.0102. The lowest BCUT2D eigenvalue weighted by Gasteiger charge is -2.26. The molecule has 0 saturated heterocycles. The van der Waals surface area contributed by atoms with Crippen LogP contribution >= 0.6 is 15.9 Å². The van der Waals surface area contributed by atoms with Crippen LogP contribution in [0.15, 0.2) is 53.3 Å². The zero-order chi connectivity index (χ0) is 15.1. The Morgan fingerprint density at radius 1 is 1.14 bits per heavy atom. The number of hydrogen-bond donors (Lipinski definition) is 1. The standard InChI is InChI=1S/C17H12BrN3O/c18-16-15-11(7-4-8-19-15)14-12(10-5-2-1-3-6-10)9-13(22)20-17(14)21-16/h1-8,12H,9H2,(H,20,21,22). The van der Waals surface area contributed by atoms with Crippen LogP contribution in [0.3, 0.4) is 0 Å². The van der Waals surface area contributed by atoms with E-state index in [1.807, 2.05) is 30.3 Å². The van der Waals surface area contributed by atoms with Gasteiger partial charge in [0.05, 0.1) is 0 Å². The predicted octanol–water partition coefficient (Wildman–Crippen LogP) is 3.87. The first-order valence-electron chi connectivity index (χ1n) is 7.03. The van der Waals surface area contributed by atoms with E-state index in [0.29, 0.717) is 16.8 Å². The highest BCUT2D eigenvalue weighted by Crippen LogP contribution is 2.41. The van der Waals surface area contributed by atoms with E-state index in [9.17, 15) is 4.79 Å². The summed E-state index contributed by atoms with van der Waals surface area (Å²) in [5.41, 5.74) is 2.98. The number of hydrogen-bond acceptors (Lipinski definition) is 3. The summed E-state index contributed by atoms with van der Waals surface area (Å²) in [7, 11) is 0. The molecule has 1 N–H and O–H groups in total. The van der Waals surface area contributed by atoms with E-state index in [1.54, 1.807) is 6.20 Å². The first kappa shape index (κ1) is 13.4. The van der Waals surface area contributed by atoms with Gasteiger partial charge in [-0.2, -0.15) is 0 Å². The van der Waals surface area contributed by atoms with Crippen molar-refractivity contribution in [2.75, 3.05) is 5.32 Å². The van der Waals surface area contributed by atoms with Crippen molar-refractivity contribution in [2.45, 2.75) is 12.3 Å². The van der Waals surface area contributed by atoms with Crippen LogP contribution in [0.4, 0.5) is 5.82 Å². The normalized spacial score (nSPS) is 17.1. The third-order valence-corrected chi connectivity index (χ3v) is 4.51. The number of halogens is 1. The molecule has 0 saturated carbocycles. The van der Waals surface area contributed by atoms with Crippen molar-refractivity contribution in [3.05, 3.63) is 64.4 Å². The zero-order valence-corrected chi connectivity index (χ0v) is 13.2. The molecule has 3 heterocycles.